The van der Waals surface area contributed by atoms with Gasteiger partial charge in [0.05, 0.1) is 5.25 Å². The highest BCUT2D eigenvalue weighted by Gasteiger charge is 2.34. The zero-order valence-corrected chi connectivity index (χ0v) is 14.7. The highest BCUT2D eigenvalue weighted by molar-refractivity contribution is 8.01. The lowest BCUT2D eigenvalue weighted by Gasteiger charge is -2.20. The third kappa shape index (κ3) is 3.07. The van der Waals surface area contributed by atoms with Crippen molar-refractivity contribution in [1.29, 1.82) is 0 Å². The summed E-state index contributed by atoms with van der Waals surface area (Å²) in [7, 11) is 0. The number of carbonyl (C=O) groups excluding carboxylic acids is 1. The molecule has 2 aromatic rings. The molecule has 2 aliphatic rings. The molecule has 5 nitrogen and oxygen atoms in total. The Morgan fingerprint density at radius 1 is 1.33 bits per heavy atom. The van der Waals surface area contributed by atoms with E-state index in [0.29, 0.717) is 11.8 Å². The average Bonchev–Trinajstić information content (AvgIpc) is 3.14. The summed E-state index contributed by atoms with van der Waals surface area (Å²) < 4.78 is 5.43. The van der Waals surface area contributed by atoms with Crippen molar-refractivity contribution < 1.29 is 9.32 Å². The third-order valence-electron chi connectivity index (χ3n) is 4.57. The Morgan fingerprint density at radius 3 is 2.83 bits per heavy atom. The molecule has 1 aromatic heterocycles. The number of rotatable bonds is 5. The lowest BCUT2D eigenvalue weighted by Crippen LogP contribution is -2.37. The van der Waals surface area contributed by atoms with Gasteiger partial charge in [0.15, 0.2) is 5.82 Å². The van der Waals surface area contributed by atoms with Crippen molar-refractivity contribution in [3.8, 4) is 0 Å². The number of aromatic nitrogens is 2. The van der Waals surface area contributed by atoms with Crippen LogP contribution in [0.1, 0.15) is 55.9 Å². The van der Waals surface area contributed by atoms with Crippen LogP contribution in [0.5, 0.6) is 0 Å². The SMILES string of the molecule is CC(C)[C@@H](NC(=O)[C@H]1Cc2ccccc2S1)c1nc(C2CC2)no1. The summed E-state index contributed by atoms with van der Waals surface area (Å²) in [5, 5.41) is 7.11. The molecule has 0 spiro atoms. The molecule has 2 heterocycles. The van der Waals surface area contributed by atoms with Crippen molar-refractivity contribution in [2.24, 2.45) is 5.92 Å². The van der Waals surface area contributed by atoms with Gasteiger partial charge >= 0.3 is 0 Å². The van der Waals surface area contributed by atoms with Crippen LogP contribution in [-0.2, 0) is 11.2 Å². The third-order valence-corrected chi connectivity index (χ3v) is 5.89. The van der Waals surface area contributed by atoms with E-state index in [-0.39, 0.29) is 23.1 Å². The van der Waals surface area contributed by atoms with E-state index < -0.39 is 0 Å². The van der Waals surface area contributed by atoms with Crippen LogP contribution < -0.4 is 5.32 Å². The fourth-order valence-electron chi connectivity index (χ4n) is 2.97. The molecule has 2 atom stereocenters. The minimum Gasteiger partial charge on any atom is -0.343 e. The fourth-order valence-corrected chi connectivity index (χ4v) is 4.17. The largest absolute Gasteiger partial charge is 0.343 e. The van der Waals surface area contributed by atoms with Gasteiger partial charge in [-0.2, -0.15) is 4.98 Å². The fraction of sp³-hybridized carbons (Fsp3) is 0.500. The van der Waals surface area contributed by atoms with Crippen LogP contribution in [0.4, 0.5) is 0 Å². The maximum Gasteiger partial charge on any atom is 0.249 e. The van der Waals surface area contributed by atoms with E-state index in [9.17, 15) is 4.79 Å². The first-order valence-corrected chi connectivity index (χ1v) is 9.38. The van der Waals surface area contributed by atoms with Crippen LogP contribution in [0.3, 0.4) is 0 Å². The molecule has 1 aliphatic carbocycles. The van der Waals surface area contributed by atoms with Crippen LogP contribution in [-0.4, -0.2) is 21.3 Å². The van der Waals surface area contributed by atoms with Crippen molar-refractivity contribution in [2.75, 3.05) is 0 Å². The van der Waals surface area contributed by atoms with Gasteiger partial charge in [0.2, 0.25) is 11.8 Å². The predicted octanol–water partition coefficient (Wildman–Crippen LogP) is 3.48. The van der Waals surface area contributed by atoms with Crippen LogP contribution in [0, 0.1) is 5.92 Å². The van der Waals surface area contributed by atoms with E-state index in [1.54, 1.807) is 11.8 Å². The van der Waals surface area contributed by atoms with Gasteiger partial charge in [-0.05, 0) is 36.8 Å². The number of hydrogen-bond acceptors (Lipinski definition) is 5. The molecule has 0 radical (unpaired) electrons. The van der Waals surface area contributed by atoms with E-state index >= 15 is 0 Å². The van der Waals surface area contributed by atoms with Crippen LogP contribution >= 0.6 is 11.8 Å². The number of benzene rings is 1. The van der Waals surface area contributed by atoms with Crippen LogP contribution in [0.15, 0.2) is 33.7 Å². The van der Waals surface area contributed by atoms with Crippen molar-refractivity contribution in [1.82, 2.24) is 15.5 Å². The topological polar surface area (TPSA) is 68.0 Å². The van der Waals surface area contributed by atoms with Crippen molar-refractivity contribution in [3.05, 3.63) is 41.5 Å². The molecular weight excluding hydrogens is 322 g/mol. The molecule has 0 bridgehead atoms. The van der Waals surface area contributed by atoms with Crippen molar-refractivity contribution in [2.45, 2.75) is 55.2 Å². The summed E-state index contributed by atoms with van der Waals surface area (Å²) in [6, 6.07) is 7.97. The highest BCUT2D eigenvalue weighted by Crippen LogP contribution is 2.39. The highest BCUT2D eigenvalue weighted by atomic mass is 32.2. The van der Waals surface area contributed by atoms with Gasteiger partial charge in [0.25, 0.3) is 0 Å². The first-order chi connectivity index (χ1) is 11.6. The van der Waals surface area contributed by atoms with Gasteiger partial charge in [-0.15, -0.1) is 11.8 Å². The summed E-state index contributed by atoms with van der Waals surface area (Å²) in [5.74, 6) is 2.00. The molecule has 4 rings (SSSR count). The monoisotopic (exact) mass is 343 g/mol. The number of carbonyl (C=O) groups is 1. The second kappa shape index (κ2) is 6.24. The Hall–Kier alpha value is -1.82. The van der Waals surface area contributed by atoms with E-state index in [0.717, 1.165) is 25.1 Å². The predicted molar refractivity (Wildman–Crippen MR) is 91.8 cm³/mol. The van der Waals surface area contributed by atoms with Gasteiger partial charge in [-0.25, -0.2) is 0 Å². The molecule has 1 fully saturated rings. The van der Waals surface area contributed by atoms with Crippen LogP contribution in [0.25, 0.3) is 0 Å². The number of amides is 1. The molecule has 24 heavy (non-hydrogen) atoms. The van der Waals surface area contributed by atoms with E-state index in [1.165, 1.54) is 10.5 Å². The molecule has 1 N–H and O–H groups in total. The minimum absolute atomic E-state index is 0.0427. The van der Waals surface area contributed by atoms with Gasteiger partial charge in [-0.1, -0.05) is 37.2 Å². The summed E-state index contributed by atoms with van der Waals surface area (Å²) in [6.07, 6.45) is 3.04. The number of nitrogens with zero attached hydrogens (tertiary/aromatic N) is 2. The smallest absolute Gasteiger partial charge is 0.249 e. The van der Waals surface area contributed by atoms with Gasteiger partial charge in [-0.3, -0.25) is 4.79 Å². The Kier molecular flexibility index (Phi) is 4.08. The molecule has 0 saturated heterocycles. The standard InChI is InChI=1S/C18H21N3O2S/c1-10(2)15(18-20-16(21-23-18)11-7-8-11)19-17(22)14-9-12-5-3-4-6-13(12)24-14/h3-6,10-11,14-15H,7-9H2,1-2H3,(H,19,22)/t14-,15-/m1/s1. The van der Waals surface area contributed by atoms with Gasteiger partial charge in [0.1, 0.15) is 6.04 Å². The second-order valence-corrected chi connectivity index (χ2v) is 8.16. The second-order valence-electron chi connectivity index (χ2n) is 6.91. The molecule has 1 aromatic carbocycles. The molecule has 126 valence electrons. The normalized spacial score (nSPS) is 20.9. The summed E-state index contributed by atoms with van der Waals surface area (Å²) >= 11 is 1.63. The quantitative estimate of drug-likeness (QED) is 0.900. The lowest BCUT2D eigenvalue weighted by molar-refractivity contribution is -0.121. The Labute approximate surface area is 145 Å². The zero-order valence-electron chi connectivity index (χ0n) is 13.9. The maximum absolute atomic E-state index is 12.7. The van der Waals surface area contributed by atoms with Gasteiger partial charge in [0, 0.05) is 10.8 Å². The molecular formula is C18H21N3O2S. The molecule has 6 heteroatoms. The zero-order chi connectivity index (χ0) is 16.7. The van der Waals surface area contributed by atoms with Crippen LogP contribution in [0.2, 0.25) is 0 Å². The molecule has 1 aliphatic heterocycles. The van der Waals surface area contributed by atoms with Crippen molar-refractivity contribution >= 4 is 17.7 Å². The minimum atomic E-state index is -0.234. The average molecular weight is 343 g/mol. The lowest BCUT2D eigenvalue weighted by atomic mass is 10.0. The van der Waals surface area contributed by atoms with Crippen molar-refractivity contribution in [3.63, 3.8) is 0 Å². The number of fused-ring (bicyclic) bond motifs is 1. The number of thioether (sulfide) groups is 1. The van der Waals surface area contributed by atoms with E-state index in [2.05, 4.69) is 41.4 Å². The number of nitrogens with one attached hydrogen (secondary N) is 1. The number of hydrogen-bond donors (Lipinski definition) is 1. The molecule has 1 amide bonds. The Bertz CT molecular complexity index is 729. The maximum atomic E-state index is 12.7. The first kappa shape index (κ1) is 15.7. The Balaban J connectivity index is 1.46. The first-order valence-electron chi connectivity index (χ1n) is 8.50. The summed E-state index contributed by atoms with van der Waals surface area (Å²) in [5.41, 5.74) is 1.25. The van der Waals surface area contributed by atoms with Gasteiger partial charge < -0.3 is 9.84 Å². The molecule has 0 unspecified atom stereocenters. The van der Waals surface area contributed by atoms with E-state index in [4.69, 9.17) is 4.52 Å². The summed E-state index contributed by atoms with van der Waals surface area (Å²) in [4.78, 5) is 18.4. The Morgan fingerprint density at radius 2 is 2.12 bits per heavy atom. The molecule has 1 saturated carbocycles. The summed E-state index contributed by atoms with van der Waals surface area (Å²) in [6.45, 7) is 4.12. The van der Waals surface area contributed by atoms with E-state index in [1.807, 2.05) is 12.1 Å².